The van der Waals surface area contributed by atoms with Crippen LogP contribution in [0.2, 0.25) is 0 Å². The predicted octanol–water partition coefficient (Wildman–Crippen LogP) is 3.55. The van der Waals surface area contributed by atoms with Crippen LogP contribution in [0.5, 0.6) is 0 Å². The molecule has 3 heterocycles. The molecule has 8 heteroatoms. The Bertz CT molecular complexity index is 849. The zero-order valence-corrected chi connectivity index (χ0v) is 20.2. The third-order valence-corrected chi connectivity index (χ3v) is 8.41. The van der Waals surface area contributed by atoms with Gasteiger partial charge in [0, 0.05) is 43.6 Å². The number of likely N-dealkylation sites (tertiary alicyclic amines) is 1. The van der Waals surface area contributed by atoms with Gasteiger partial charge in [-0.15, -0.1) is 22.7 Å². The molecule has 0 radical (unpaired) electrons. The van der Waals surface area contributed by atoms with Gasteiger partial charge in [0.15, 0.2) is 0 Å². The van der Waals surface area contributed by atoms with Gasteiger partial charge in [0.1, 0.15) is 6.04 Å². The van der Waals surface area contributed by atoms with Gasteiger partial charge >= 0.3 is 0 Å². The summed E-state index contributed by atoms with van der Waals surface area (Å²) in [7, 11) is 0. The molecule has 1 saturated heterocycles. The van der Waals surface area contributed by atoms with Crippen LogP contribution in [0.1, 0.15) is 53.1 Å². The Hall–Kier alpha value is -1.74. The monoisotopic (exact) mass is 474 g/mol. The molecule has 32 heavy (non-hydrogen) atoms. The number of nitrogens with two attached hydrogens (primary N) is 1. The molecule has 1 aliphatic heterocycles. The number of thiophene rings is 2. The van der Waals surface area contributed by atoms with E-state index in [0.29, 0.717) is 36.9 Å². The molecule has 0 aromatic carbocycles. The molecule has 1 aliphatic carbocycles. The summed E-state index contributed by atoms with van der Waals surface area (Å²) < 4.78 is 0. The fourth-order valence-corrected chi connectivity index (χ4v) is 6.46. The minimum atomic E-state index is -0.446. The van der Waals surface area contributed by atoms with Crippen molar-refractivity contribution < 1.29 is 9.59 Å². The number of carbonyl (C=O) groups is 2. The highest BCUT2D eigenvalue weighted by molar-refractivity contribution is 7.12. The van der Waals surface area contributed by atoms with E-state index in [1.54, 1.807) is 16.2 Å². The molecule has 2 aromatic heterocycles. The van der Waals surface area contributed by atoms with E-state index in [1.807, 2.05) is 17.5 Å². The van der Waals surface area contributed by atoms with Crippen LogP contribution in [0.25, 0.3) is 0 Å². The fraction of sp³-hybridized carbons (Fsp3) is 0.583. The Balaban J connectivity index is 1.53. The quantitative estimate of drug-likeness (QED) is 0.583. The highest BCUT2D eigenvalue weighted by atomic mass is 32.1. The normalized spacial score (nSPS) is 21.9. The summed E-state index contributed by atoms with van der Waals surface area (Å²) in [5.41, 5.74) is 5.60. The second kappa shape index (κ2) is 11.4. The number of rotatable bonds is 9. The van der Waals surface area contributed by atoms with E-state index in [9.17, 15) is 9.59 Å². The summed E-state index contributed by atoms with van der Waals surface area (Å²) in [5.74, 6) is 0.580. The standard InChI is InChI=1S/C24H34N4O2S2/c25-10-11-26-23(29)21-14-19(16-28(21)24(30)22-9-5-13-32-22)27(17-20-8-4-12-31-20)15-18-6-2-1-3-7-18/h4-5,8-9,12-13,18-19,21H,1-3,6-7,10-11,14-17,25H2,(H,26,29). The number of nitrogens with one attached hydrogen (secondary N) is 1. The number of amides is 2. The van der Waals surface area contributed by atoms with E-state index in [0.717, 1.165) is 13.1 Å². The molecule has 2 aromatic rings. The van der Waals surface area contributed by atoms with Gasteiger partial charge in [-0.3, -0.25) is 14.5 Å². The zero-order valence-electron chi connectivity index (χ0n) is 18.6. The topological polar surface area (TPSA) is 78.7 Å². The van der Waals surface area contributed by atoms with Crippen molar-refractivity contribution in [3.63, 3.8) is 0 Å². The van der Waals surface area contributed by atoms with Crippen LogP contribution in [0, 0.1) is 5.92 Å². The molecule has 1 saturated carbocycles. The van der Waals surface area contributed by atoms with E-state index in [4.69, 9.17) is 5.73 Å². The number of nitrogens with zero attached hydrogens (tertiary/aromatic N) is 2. The Morgan fingerprint density at radius 2 is 1.91 bits per heavy atom. The van der Waals surface area contributed by atoms with E-state index in [-0.39, 0.29) is 17.9 Å². The Kier molecular flexibility index (Phi) is 8.35. The minimum absolute atomic E-state index is 0.0378. The molecule has 0 bridgehead atoms. The maximum atomic E-state index is 13.3. The number of carbonyl (C=O) groups excluding carboxylic acids is 2. The average molecular weight is 475 g/mol. The second-order valence-electron chi connectivity index (χ2n) is 8.93. The first kappa shape index (κ1) is 23.4. The smallest absolute Gasteiger partial charge is 0.264 e. The van der Waals surface area contributed by atoms with Crippen molar-refractivity contribution in [3.05, 3.63) is 44.8 Å². The molecule has 2 unspecified atom stereocenters. The lowest BCUT2D eigenvalue weighted by atomic mass is 9.88. The average Bonchev–Trinajstić information content (AvgIpc) is 3.59. The molecule has 174 valence electrons. The van der Waals surface area contributed by atoms with Crippen molar-refractivity contribution in [1.82, 2.24) is 15.1 Å². The zero-order chi connectivity index (χ0) is 22.3. The van der Waals surface area contributed by atoms with Gasteiger partial charge in [-0.25, -0.2) is 0 Å². The van der Waals surface area contributed by atoms with E-state index in [2.05, 4.69) is 27.7 Å². The van der Waals surface area contributed by atoms with Crippen LogP contribution in [0.15, 0.2) is 35.0 Å². The predicted molar refractivity (Wildman–Crippen MR) is 131 cm³/mol. The first-order valence-electron chi connectivity index (χ1n) is 11.7. The molecule has 2 amide bonds. The van der Waals surface area contributed by atoms with Crippen molar-refractivity contribution in [2.45, 2.75) is 57.2 Å². The maximum Gasteiger partial charge on any atom is 0.264 e. The summed E-state index contributed by atoms with van der Waals surface area (Å²) in [5, 5.41) is 6.96. The molecule has 2 atom stereocenters. The lowest BCUT2D eigenvalue weighted by Crippen LogP contribution is -2.46. The maximum absolute atomic E-state index is 13.3. The van der Waals surface area contributed by atoms with E-state index >= 15 is 0 Å². The van der Waals surface area contributed by atoms with Crippen LogP contribution >= 0.6 is 22.7 Å². The minimum Gasteiger partial charge on any atom is -0.353 e. The Morgan fingerprint density at radius 3 is 2.59 bits per heavy atom. The third kappa shape index (κ3) is 5.78. The molecule has 3 N–H and O–H groups in total. The van der Waals surface area contributed by atoms with Crippen molar-refractivity contribution in [1.29, 1.82) is 0 Å². The van der Waals surface area contributed by atoms with Crippen LogP contribution in [-0.4, -0.2) is 59.9 Å². The third-order valence-electron chi connectivity index (χ3n) is 6.69. The van der Waals surface area contributed by atoms with Gasteiger partial charge < -0.3 is 16.0 Å². The first-order chi connectivity index (χ1) is 15.7. The van der Waals surface area contributed by atoms with Gasteiger partial charge in [-0.05, 0) is 48.1 Å². The summed E-state index contributed by atoms with van der Waals surface area (Å²) in [4.78, 5) is 32.7. The summed E-state index contributed by atoms with van der Waals surface area (Å²) >= 11 is 3.22. The molecule has 2 aliphatic rings. The number of hydrogen-bond donors (Lipinski definition) is 2. The molecular formula is C24H34N4O2S2. The fourth-order valence-electron chi connectivity index (χ4n) is 5.05. The van der Waals surface area contributed by atoms with Gasteiger partial charge in [0.2, 0.25) is 5.91 Å². The van der Waals surface area contributed by atoms with Gasteiger partial charge in [-0.2, -0.15) is 0 Å². The Morgan fingerprint density at radius 1 is 1.12 bits per heavy atom. The molecule has 0 spiro atoms. The van der Waals surface area contributed by atoms with E-state index in [1.165, 1.54) is 48.3 Å². The SMILES string of the molecule is NCCNC(=O)C1CC(N(Cc2cccs2)CC2CCCCC2)CN1C(=O)c1cccs1. The summed E-state index contributed by atoms with van der Waals surface area (Å²) in [6, 6.07) is 7.76. The number of hydrogen-bond acceptors (Lipinski definition) is 6. The van der Waals surface area contributed by atoms with Gasteiger partial charge in [-0.1, -0.05) is 31.4 Å². The summed E-state index contributed by atoms with van der Waals surface area (Å²) in [6.07, 6.45) is 7.21. The Labute approximate surface area is 198 Å². The highest BCUT2D eigenvalue weighted by Gasteiger charge is 2.42. The summed E-state index contributed by atoms with van der Waals surface area (Å²) in [6.45, 7) is 3.35. The van der Waals surface area contributed by atoms with Crippen molar-refractivity contribution >= 4 is 34.5 Å². The second-order valence-corrected chi connectivity index (χ2v) is 10.9. The van der Waals surface area contributed by atoms with Gasteiger partial charge in [0.25, 0.3) is 5.91 Å². The van der Waals surface area contributed by atoms with Crippen LogP contribution in [0.4, 0.5) is 0 Å². The van der Waals surface area contributed by atoms with Crippen LogP contribution < -0.4 is 11.1 Å². The van der Waals surface area contributed by atoms with Crippen molar-refractivity contribution in [2.24, 2.45) is 11.7 Å². The van der Waals surface area contributed by atoms with Gasteiger partial charge in [0.05, 0.1) is 4.88 Å². The van der Waals surface area contributed by atoms with E-state index < -0.39 is 6.04 Å². The van der Waals surface area contributed by atoms with Crippen LogP contribution in [-0.2, 0) is 11.3 Å². The molecule has 2 fully saturated rings. The van der Waals surface area contributed by atoms with Crippen molar-refractivity contribution in [3.8, 4) is 0 Å². The van der Waals surface area contributed by atoms with Crippen LogP contribution in [0.3, 0.4) is 0 Å². The largest absolute Gasteiger partial charge is 0.353 e. The first-order valence-corrected chi connectivity index (χ1v) is 13.5. The van der Waals surface area contributed by atoms with Crippen molar-refractivity contribution in [2.75, 3.05) is 26.2 Å². The molecule has 4 rings (SSSR count). The molecular weight excluding hydrogens is 440 g/mol. The highest BCUT2D eigenvalue weighted by Crippen LogP contribution is 2.31. The molecule has 6 nitrogen and oxygen atoms in total. The lowest BCUT2D eigenvalue weighted by Gasteiger charge is -2.33. The lowest BCUT2D eigenvalue weighted by molar-refractivity contribution is -0.124.